The van der Waals surface area contributed by atoms with E-state index in [0.717, 1.165) is 12.1 Å². The van der Waals surface area contributed by atoms with Gasteiger partial charge in [0.15, 0.2) is 9.84 Å². The molecule has 0 amide bonds. The number of alkyl halides is 3. The maximum absolute atomic E-state index is 13.3. The van der Waals surface area contributed by atoms with E-state index in [9.17, 15) is 21.6 Å². The zero-order valence-corrected chi connectivity index (χ0v) is 13.6. The third-order valence-corrected chi connectivity index (χ3v) is 4.74. The van der Waals surface area contributed by atoms with Crippen molar-refractivity contribution in [1.29, 1.82) is 0 Å². The Morgan fingerprint density at radius 2 is 1.48 bits per heavy atom. The first-order valence-electron chi connectivity index (χ1n) is 6.15. The van der Waals surface area contributed by atoms with Gasteiger partial charge in [-0.1, -0.05) is 41.4 Å². The van der Waals surface area contributed by atoms with Gasteiger partial charge in [-0.05, 0) is 35.9 Å². The zero-order valence-electron chi connectivity index (χ0n) is 11.3. The predicted octanol–water partition coefficient (Wildman–Crippen LogP) is 5.37. The lowest BCUT2D eigenvalue weighted by molar-refractivity contribution is -0.0688. The molecule has 122 valence electrons. The molecule has 2 aromatic carbocycles. The fourth-order valence-corrected chi connectivity index (χ4v) is 3.62. The Labute approximate surface area is 141 Å². The Morgan fingerprint density at radius 1 is 0.957 bits per heavy atom. The molecule has 0 N–H and O–H groups in total. The van der Waals surface area contributed by atoms with E-state index in [1.165, 1.54) is 30.3 Å². The van der Waals surface area contributed by atoms with Crippen molar-refractivity contribution >= 4 is 38.6 Å². The van der Waals surface area contributed by atoms with Crippen molar-refractivity contribution in [2.45, 2.75) is 11.1 Å². The van der Waals surface area contributed by atoms with Crippen molar-refractivity contribution in [1.82, 2.24) is 0 Å². The van der Waals surface area contributed by atoms with Gasteiger partial charge in [0.05, 0.1) is 10.5 Å². The lowest BCUT2D eigenvalue weighted by atomic mass is 10.1. The third-order valence-electron chi connectivity index (χ3n) is 2.82. The average Bonchev–Trinajstić information content (AvgIpc) is 2.43. The highest BCUT2D eigenvalue weighted by atomic mass is 35.5. The van der Waals surface area contributed by atoms with Crippen molar-refractivity contribution in [3.8, 4) is 0 Å². The minimum Gasteiger partial charge on any atom is -0.219 e. The molecule has 2 rings (SSSR count). The van der Waals surface area contributed by atoms with Crippen molar-refractivity contribution < 1.29 is 21.6 Å². The molecule has 0 saturated carbocycles. The van der Waals surface area contributed by atoms with Crippen LogP contribution >= 0.6 is 23.2 Å². The zero-order chi connectivity index (χ0) is 17.3. The van der Waals surface area contributed by atoms with E-state index < -0.39 is 27.2 Å². The molecule has 0 radical (unpaired) electrons. The minimum absolute atomic E-state index is 0.0280. The van der Waals surface area contributed by atoms with E-state index in [4.69, 9.17) is 23.2 Å². The summed E-state index contributed by atoms with van der Waals surface area (Å²) >= 11 is 11.4. The number of hydrogen-bond donors (Lipinski definition) is 0. The molecule has 23 heavy (non-hydrogen) atoms. The second-order valence-electron chi connectivity index (χ2n) is 4.55. The second kappa shape index (κ2) is 6.55. The molecule has 0 saturated heterocycles. The Hall–Kier alpha value is -1.50. The number of allylic oxidation sites excluding steroid dienone is 1. The van der Waals surface area contributed by atoms with Crippen molar-refractivity contribution in [2.75, 3.05) is 0 Å². The molecule has 0 atom stereocenters. The van der Waals surface area contributed by atoms with Crippen LogP contribution in [-0.2, 0) is 9.84 Å². The summed E-state index contributed by atoms with van der Waals surface area (Å²) in [5, 5.41) is 0.129. The molecule has 0 bridgehead atoms. The topological polar surface area (TPSA) is 34.1 Å². The molecule has 8 heteroatoms. The Kier molecular flexibility index (Phi) is 5.08. The van der Waals surface area contributed by atoms with Gasteiger partial charge in [-0.2, -0.15) is 13.2 Å². The van der Waals surface area contributed by atoms with E-state index in [2.05, 4.69) is 0 Å². The number of rotatable bonds is 3. The van der Waals surface area contributed by atoms with Crippen LogP contribution in [0.1, 0.15) is 5.56 Å². The van der Waals surface area contributed by atoms with Gasteiger partial charge < -0.3 is 0 Å². The van der Waals surface area contributed by atoms with Gasteiger partial charge in [0, 0.05) is 15.5 Å². The highest BCUT2D eigenvalue weighted by molar-refractivity contribution is 7.94. The Bertz CT molecular complexity index is 825. The monoisotopic (exact) mass is 380 g/mol. The van der Waals surface area contributed by atoms with Gasteiger partial charge in [-0.25, -0.2) is 8.42 Å². The summed E-state index contributed by atoms with van der Waals surface area (Å²) in [5.41, 5.74) is -1.76. The van der Waals surface area contributed by atoms with Crippen LogP contribution in [0.3, 0.4) is 0 Å². The highest BCUT2D eigenvalue weighted by Gasteiger charge is 2.36. The second-order valence-corrected chi connectivity index (χ2v) is 7.22. The summed E-state index contributed by atoms with van der Waals surface area (Å²) in [6, 6.07) is 10.1. The molecule has 2 aromatic rings. The number of halogens is 5. The minimum atomic E-state index is -4.89. The lowest BCUT2D eigenvalue weighted by Gasteiger charge is -2.13. The molecule has 0 aromatic heterocycles. The molecule has 0 aliphatic carbocycles. The summed E-state index contributed by atoms with van der Waals surface area (Å²) in [4.78, 5) is -0.241. The summed E-state index contributed by atoms with van der Waals surface area (Å²) in [6.45, 7) is 0. The highest BCUT2D eigenvalue weighted by Crippen LogP contribution is 2.37. The fourth-order valence-electron chi connectivity index (χ4n) is 1.84. The average molecular weight is 381 g/mol. The first-order valence-corrected chi connectivity index (χ1v) is 8.45. The molecule has 0 heterocycles. The van der Waals surface area contributed by atoms with Crippen molar-refractivity contribution in [3.05, 3.63) is 69.5 Å². The van der Waals surface area contributed by atoms with E-state index in [1.54, 1.807) is 6.07 Å². The summed E-state index contributed by atoms with van der Waals surface area (Å²) in [7, 11) is -4.28. The maximum Gasteiger partial charge on any atom is 0.417 e. The molecule has 0 unspecified atom stereocenters. The van der Waals surface area contributed by atoms with Gasteiger partial charge in [0.1, 0.15) is 0 Å². The standard InChI is InChI=1S/C15H9Cl2F3O2S/c16-11-6-10(7-12(17)8-11)14(15(18,19)20)9-23(21,22)13-4-2-1-3-5-13/h1-9H. The normalized spacial score (nSPS) is 13.2. The molecular weight excluding hydrogens is 372 g/mol. The van der Waals surface area contributed by atoms with E-state index in [-0.39, 0.29) is 20.3 Å². The van der Waals surface area contributed by atoms with Crippen LogP contribution < -0.4 is 0 Å². The largest absolute Gasteiger partial charge is 0.417 e. The predicted molar refractivity (Wildman–Crippen MR) is 84.1 cm³/mol. The quantitative estimate of drug-likeness (QED) is 0.716. The van der Waals surface area contributed by atoms with Crippen molar-refractivity contribution in [2.24, 2.45) is 0 Å². The number of sulfone groups is 1. The molecule has 0 fully saturated rings. The van der Waals surface area contributed by atoms with Crippen molar-refractivity contribution in [3.63, 3.8) is 0 Å². The fraction of sp³-hybridized carbons (Fsp3) is 0.0667. The molecule has 0 spiro atoms. The van der Waals surface area contributed by atoms with Crippen LogP contribution in [0.5, 0.6) is 0 Å². The van der Waals surface area contributed by atoms with E-state index in [1.807, 2.05) is 0 Å². The van der Waals surface area contributed by atoms with Crippen LogP contribution in [0.25, 0.3) is 5.57 Å². The van der Waals surface area contributed by atoms with Gasteiger partial charge in [0.2, 0.25) is 0 Å². The van der Waals surface area contributed by atoms with E-state index in [0.29, 0.717) is 0 Å². The lowest BCUT2D eigenvalue weighted by Crippen LogP contribution is -2.13. The first-order chi connectivity index (χ1) is 10.6. The molecule has 0 aliphatic heterocycles. The molecule has 0 aliphatic rings. The Balaban J connectivity index is 2.65. The summed E-state index contributed by atoms with van der Waals surface area (Å²) in [5.74, 6) is 0. The molecular formula is C15H9Cl2F3O2S. The van der Waals surface area contributed by atoms with Crippen LogP contribution in [0.15, 0.2) is 58.8 Å². The Morgan fingerprint density at radius 3 is 1.96 bits per heavy atom. The van der Waals surface area contributed by atoms with E-state index >= 15 is 0 Å². The van der Waals surface area contributed by atoms with Crippen LogP contribution in [0.2, 0.25) is 10.0 Å². The summed E-state index contributed by atoms with van der Waals surface area (Å²) < 4.78 is 64.3. The van der Waals surface area contributed by atoms with Gasteiger partial charge in [-0.3, -0.25) is 0 Å². The third kappa shape index (κ3) is 4.50. The number of benzene rings is 2. The summed E-state index contributed by atoms with van der Waals surface area (Å²) in [6.07, 6.45) is -4.89. The van der Waals surface area contributed by atoms with Crippen LogP contribution in [-0.4, -0.2) is 14.6 Å². The van der Waals surface area contributed by atoms with Gasteiger partial charge >= 0.3 is 6.18 Å². The SMILES string of the molecule is O=S(=O)(C=C(c1cc(Cl)cc(Cl)c1)C(F)(F)F)c1ccccc1. The number of hydrogen-bond acceptors (Lipinski definition) is 2. The van der Waals surface area contributed by atoms with Gasteiger partial charge in [0.25, 0.3) is 0 Å². The van der Waals surface area contributed by atoms with Crippen LogP contribution in [0.4, 0.5) is 13.2 Å². The van der Waals surface area contributed by atoms with Gasteiger partial charge in [-0.15, -0.1) is 0 Å². The maximum atomic E-state index is 13.3. The first kappa shape index (κ1) is 17.8. The molecule has 2 nitrogen and oxygen atoms in total. The van der Waals surface area contributed by atoms with Crippen LogP contribution in [0, 0.1) is 0 Å². The smallest absolute Gasteiger partial charge is 0.219 e.